The Morgan fingerprint density at radius 2 is 1.26 bits per heavy atom. The molecule has 206 valence electrons. The average Bonchev–Trinajstić information content (AvgIpc) is 3.51. The van der Waals surface area contributed by atoms with E-state index < -0.39 is 0 Å². The van der Waals surface area contributed by atoms with Crippen LogP contribution in [0, 0.1) is 0 Å². The number of oxazole rings is 2. The monoisotopic (exact) mass is 598 g/mol. The fourth-order valence-corrected chi connectivity index (χ4v) is 3.02. The summed E-state index contributed by atoms with van der Waals surface area (Å²) in [5.41, 5.74) is 2.23. The maximum Gasteiger partial charge on any atom is 1.00 e. The van der Waals surface area contributed by atoms with Gasteiger partial charge < -0.3 is 30.3 Å². The first-order valence-electron chi connectivity index (χ1n) is 10.4. The number of benzene rings is 2. The maximum absolute atomic E-state index is 9.68. The molecule has 0 aliphatic carbocycles. The van der Waals surface area contributed by atoms with Crippen LogP contribution in [0.3, 0.4) is 0 Å². The van der Waals surface area contributed by atoms with Crippen LogP contribution in [0.1, 0.15) is 41.5 Å². The maximum atomic E-state index is 9.68. The molecular weight excluding hydrogens is 566 g/mol. The predicted molar refractivity (Wildman–Crippen MR) is 149 cm³/mol. The zero-order valence-electron chi connectivity index (χ0n) is 21.0. The number of hydrogen-bond acceptors (Lipinski definition) is 8. The van der Waals surface area contributed by atoms with Crippen LogP contribution < -0.4 is 29.6 Å². The van der Waals surface area contributed by atoms with Gasteiger partial charge >= 0.3 is 29.6 Å². The minimum Gasteiger partial charge on any atom is -1.00 e. The first-order valence-corrected chi connectivity index (χ1v) is 11.7. The SMILES string of the molecule is C.C.CCO.CCOCc1coc(-c2cc(Cl)ccc2O)n1.Oc1ccc(Cl)cc1-c1nc(CCl)co1.[H-].[Na+]. The molecule has 0 radical (unpaired) electrons. The molecule has 0 saturated heterocycles. The Morgan fingerprint density at radius 3 is 1.66 bits per heavy atom. The molecule has 0 spiro atoms. The first kappa shape index (κ1) is 38.4. The van der Waals surface area contributed by atoms with Crippen molar-refractivity contribution in [2.24, 2.45) is 0 Å². The molecule has 4 rings (SSSR count). The Balaban J connectivity index is -0.000000555. The van der Waals surface area contributed by atoms with Crippen molar-refractivity contribution in [3.05, 3.63) is 70.4 Å². The van der Waals surface area contributed by atoms with Crippen molar-refractivity contribution in [1.29, 1.82) is 0 Å². The van der Waals surface area contributed by atoms with E-state index in [1.165, 1.54) is 24.7 Å². The summed E-state index contributed by atoms with van der Waals surface area (Å²) in [6, 6.07) is 9.37. The van der Waals surface area contributed by atoms with E-state index in [1.807, 2.05) is 6.92 Å². The zero-order chi connectivity index (χ0) is 25.8. The Hall–Kier alpha value is -1.75. The van der Waals surface area contributed by atoms with Crippen LogP contribution in [0.5, 0.6) is 11.5 Å². The number of aromatic hydroxyl groups is 2. The number of alkyl halides is 1. The van der Waals surface area contributed by atoms with E-state index in [1.54, 1.807) is 31.2 Å². The molecule has 0 fully saturated rings. The van der Waals surface area contributed by atoms with Crippen molar-refractivity contribution in [3.63, 3.8) is 0 Å². The van der Waals surface area contributed by atoms with E-state index in [9.17, 15) is 10.2 Å². The molecule has 3 N–H and O–H groups in total. The Morgan fingerprint density at radius 1 is 0.842 bits per heavy atom. The minimum absolute atomic E-state index is 0. The van der Waals surface area contributed by atoms with Crippen molar-refractivity contribution in [3.8, 4) is 34.4 Å². The van der Waals surface area contributed by atoms with Crippen molar-refractivity contribution >= 4 is 34.8 Å². The minimum atomic E-state index is 0. The van der Waals surface area contributed by atoms with Crippen LogP contribution >= 0.6 is 34.8 Å². The second-order valence-corrected chi connectivity index (χ2v) is 7.84. The van der Waals surface area contributed by atoms with Crippen molar-refractivity contribution in [2.75, 3.05) is 13.2 Å². The van der Waals surface area contributed by atoms with Crippen LogP contribution in [0.25, 0.3) is 22.9 Å². The van der Waals surface area contributed by atoms with E-state index in [-0.39, 0.29) is 69.8 Å². The molecule has 0 atom stereocenters. The summed E-state index contributed by atoms with van der Waals surface area (Å²) in [7, 11) is 0. The molecule has 0 unspecified atom stereocenters. The van der Waals surface area contributed by atoms with Gasteiger partial charge in [-0.25, -0.2) is 9.97 Å². The predicted octanol–water partition coefficient (Wildman–Crippen LogP) is 5.06. The molecular formula is C26H34Cl3N2NaO6. The van der Waals surface area contributed by atoms with Gasteiger partial charge in [0.2, 0.25) is 11.8 Å². The number of ether oxygens (including phenoxy) is 1. The summed E-state index contributed by atoms with van der Waals surface area (Å²) >= 11 is 17.2. The van der Waals surface area contributed by atoms with E-state index in [0.29, 0.717) is 57.6 Å². The molecule has 4 aromatic rings. The molecule has 12 heteroatoms. The van der Waals surface area contributed by atoms with Crippen LogP contribution in [0.15, 0.2) is 57.8 Å². The molecule has 0 saturated carbocycles. The molecule has 38 heavy (non-hydrogen) atoms. The summed E-state index contributed by atoms with van der Waals surface area (Å²) in [6.07, 6.45) is 2.95. The smallest absolute Gasteiger partial charge is 1.00 e. The third-order valence-electron chi connectivity index (χ3n) is 4.07. The zero-order valence-corrected chi connectivity index (χ0v) is 24.3. The third-order valence-corrected chi connectivity index (χ3v) is 4.82. The first-order chi connectivity index (χ1) is 16.8. The second-order valence-electron chi connectivity index (χ2n) is 6.70. The summed E-state index contributed by atoms with van der Waals surface area (Å²) < 4.78 is 15.6. The molecule has 8 nitrogen and oxygen atoms in total. The van der Waals surface area contributed by atoms with Crippen molar-refractivity contribution in [1.82, 2.24) is 9.97 Å². The number of aromatic nitrogens is 2. The van der Waals surface area contributed by atoms with Gasteiger partial charge in [-0.1, -0.05) is 38.1 Å². The van der Waals surface area contributed by atoms with Gasteiger partial charge in [0.1, 0.15) is 29.7 Å². The van der Waals surface area contributed by atoms with Gasteiger partial charge in [-0.3, -0.25) is 0 Å². The largest absolute Gasteiger partial charge is 1.00 e. The molecule has 0 aliphatic rings. The standard InChI is InChI=1S/C12H12ClNO3.C10H7Cl2NO2.C2H6O.2CH4.Na.H/c1-2-16-6-9-7-17-12(14-9)10-5-8(13)3-4-11(10)15;11-4-7-5-15-10(13-7)8-3-6(12)1-2-9(8)14;1-2-3;;;;/h3-5,7,15H,2,6H2,1H3;1-3,5,14H,4H2;3H,2H2,1H3;2*1H4;;/q;;;;;+1;-1. The number of rotatable bonds is 6. The van der Waals surface area contributed by atoms with E-state index >= 15 is 0 Å². The van der Waals surface area contributed by atoms with Crippen LogP contribution in [-0.2, 0) is 17.2 Å². The van der Waals surface area contributed by atoms with E-state index in [4.69, 9.17) is 53.5 Å². The number of aliphatic hydroxyl groups excluding tert-OH is 1. The van der Waals surface area contributed by atoms with Crippen LogP contribution in [0.4, 0.5) is 0 Å². The van der Waals surface area contributed by atoms with Crippen molar-refractivity contribution in [2.45, 2.75) is 41.2 Å². The fourth-order valence-electron chi connectivity index (χ4n) is 2.55. The van der Waals surface area contributed by atoms with Gasteiger partial charge in [0.15, 0.2) is 0 Å². The number of halogens is 3. The second kappa shape index (κ2) is 20.2. The molecule has 0 bridgehead atoms. The number of aliphatic hydroxyl groups is 1. The summed E-state index contributed by atoms with van der Waals surface area (Å²) in [4.78, 5) is 8.29. The molecule has 2 heterocycles. The number of hydrogen-bond donors (Lipinski definition) is 3. The van der Waals surface area contributed by atoms with Crippen LogP contribution in [0.2, 0.25) is 10.0 Å². The fraction of sp³-hybridized carbons (Fsp3) is 0.308. The molecule has 2 aromatic heterocycles. The number of phenolic OH excluding ortho intramolecular Hbond substituents is 2. The summed E-state index contributed by atoms with van der Waals surface area (Å²) in [5.74, 6) is 1.07. The quantitative estimate of drug-likeness (QED) is 0.208. The summed E-state index contributed by atoms with van der Waals surface area (Å²) in [6.45, 7) is 4.84. The van der Waals surface area contributed by atoms with Gasteiger partial charge in [-0.15, -0.1) is 11.6 Å². The van der Waals surface area contributed by atoms with E-state index in [2.05, 4.69) is 9.97 Å². The molecule has 0 aliphatic heterocycles. The average molecular weight is 600 g/mol. The topological polar surface area (TPSA) is 122 Å². The molecule has 2 aromatic carbocycles. The Bertz CT molecular complexity index is 1210. The number of nitrogens with zero attached hydrogens (tertiary/aromatic N) is 2. The van der Waals surface area contributed by atoms with Gasteiger partial charge in [-0.05, 0) is 50.2 Å². The van der Waals surface area contributed by atoms with Gasteiger partial charge in [0.05, 0.1) is 29.3 Å². The van der Waals surface area contributed by atoms with Crippen LogP contribution in [-0.4, -0.2) is 38.5 Å². The van der Waals surface area contributed by atoms with Gasteiger partial charge in [0.25, 0.3) is 0 Å². The van der Waals surface area contributed by atoms with Gasteiger partial charge in [0, 0.05) is 23.3 Å². The Kier molecular flexibility index (Phi) is 20.4. The number of phenols is 2. The summed E-state index contributed by atoms with van der Waals surface area (Å²) in [5, 5.41) is 27.9. The van der Waals surface area contributed by atoms with E-state index in [0.717, 1.165) is 0 Å². The Labute approximate surface area is 262 Å². The third kappa shape index (κ3) is 12.0. The van der Waals surface area contributed by atoms with Gasteiger partial charge in [-0.2, -0.15) is 0 Å². The van der Waals surface area contributed by atoms with Crippen molar-refractivity contribution < 1.29 is 59.9 Å². The normalized spacial score (nSPS) is 9.42. The molecule has 0 amide bonds.